The fourth-order valence-corrected chi connectivity index (χ4v) is 4.06. The van der Waals surface area contributed by atoms with Gasteiger partial charge in [0.2, 0.25) is 0 Å². The van der Waals surface area contributed by atoms with Crippen LogP contribution in [0.4, 0.5) is 0 Å². The van der Waals surface area contributed by atoms with Crippen molar-refractivity contribution in [2.75, 3.05) is 5.75 Å². The first kappa shape index (κ1) is 12.4. The minimum atomic E-state index is -0.769. The third kappa shape index (κ3) is 4.68. The van der Waals surface area contributed by atoms with Crippen LogP contribution in [0.2, 0.25) is 0 Å². The minimum absolute atomic E-state index is 0.147. The molecule has 5 heteroatoms. The maximum Gasteiger partial charge on any atom is 0.0580 e. The highest BCUT2D eigenvalue weighted by molar-refractivity contribution is 9.10. The van der Waals surface area contributed by atoms with Gasteiger partial charge in [0, 0.05) is 37.3 Å². The van der Waals surface area contributed by atoms with Crippen molar-refractivity contribution in [1.82, 2.24) is 0 Å². The highest BCUT2D eigenvalue weighted by Crippen LogP contribution is 2.21. The molecule has 1 aromatic heterocycles. The zero-order chi connectivity index (χ0) is 10.6. The Morgan fingerprint density at radius 1 is 1.71 bits per heavy atom. The lowest BCUT2D eigenvalue weighted by atomic mass is 10.3. The van der Waals surface area contributed by atoms with E-state index in [0.717, 1.165) is 10.9 Å². The second-order valence-corrected chi connectivity index (χ2v) is 6.77. The van der Waals surface area contributed by atoms with Gasteiger partial charge in [0.1, 0.15) is 0 Å². The first-order chi connectivity index (χ1) is 6.58. The lowest BCUT2D eigenvalue weighted by Gasteiger charge is -2.03. The van der Waals surface area contributed by atoms with Crippen LogP contribution in [0.25, 0.3) is 0 Å². The van der Waals surface area contributed by atoms with E-state index in [1.807, 2.05) is 18.4 Å². The molecule has 2 atom stereocenters. The first-order valence-electron chi connectivity index (χ1n) is 4.41. The molecule has 0 spiro atoms. The summed E-state index contributed by atoms with van der Waals surface area (Å²) in [5.41, 5.74) is 5.60. The van der Waals surface area contributed by atoms with E-state index in [-0.39, 0.29) is 6.04 Å². The van der Waals surface area contributed by atoms with Crippen molar-refractivity contribution in [3.8, 4) is 0 Å². The average molecular weight is 296 g/mol. The third-order valence-electron chi connectivity index (χ3n) is 1.73. The van der Waals surface area contributed by atoms with Gasteiger partial charge in [-0.3, -0.25) is 4.21 Å². The Balaban J connectivity index is 2.34. The lowest BCUT2D eigenvalue weighted by molar-refractivity contribution is 0.667. The molecule has 0 saturated heterocycles. The Morgan fingerprint density at radius 2 is 2.43 bits per heavy atom. The highest BCUT2D eigenvalue weighted by Gasteiger charge is 2.05. The second kappa shape index (κ2) is 6.00. The number of thiophene rings is 1. The van der Waals surface area contributed by atoms with Gasteiger partial charge in [0.05, 0.1) is 5.75 Å². The lowest BCUT2D eigenvalue weighted by Crippen LogP contribution is -2.18. The molecule has 0 aromatic carbocycles. The molecule has 14 heavy (non-hydrogen) atoms. The molecule has 0 fully saturated rings. The molecule has 0 aliphatic heterocycles. The quantitative estimate of drug-likeness (QED) is 0.907. The molecule has 0 aliphatic rings. The van der Waals surface area contributed by atoms with Crippen LogP contribution in [-0.4, -0.2) is 16.0 Å². The van der Waals surface area contributed by atoms with Crippen molar-refractivity contribution in [1.29, 1.82) is 0 Å². The topological polar surface area (TPSA) is 43.1 Å². The van der Waals surface area contributed by atoms with Crippen molar-refractivity contribution < 1.29 is 4.21 Å². The number of rotatable bonds is 5. The van der Waals surface area contributed by atoms with Gasteiger partial charge in [0.25, 0.3) is 0 Å². The van der Waals surface area contributed by atoms with E-state index < -0.39 is 10.8 Å². The fraction of sp³-hybridized carbons (Fsp3) is 0.556. The van der Waals surface area contributed by atoms with Crippen LogP contribution >= 0.6 is 27.3 Å². The Hall–Kier alpha value is 0.290. The van der Waals surface area contributed by atoms with Crippen molar-refractivity contribution in [3.63, 3.8) is 0 Å². The predicted molar refractivity (Wildman–Crippen MR) is 67.0 cm³/mol. The molecule has 0 radical (unpaired) electrons. The molecule has 80 valence electrons. The minimum Gasteiger partial charge on any atom is -0.328 e. The van der Waals surface area contributed by atoms with E-state index in [4.69, 9.17) is 5.73 Å². The maximum atomic E-state index is 11.6. The maximum absolute atomic E-state index is 11.6. The van der Waals surface area contributed by atoms with E-state index >= 15 is 0 Å². The molecular weight excluding hydrogens is 282 g/mol. The Bertz CT molecular complexity index is 312. The van der Waals surface area contributed by atoms with Crippen molar-refractivity contribution in [2.24, 2.45) is 5.73 Å². The van der Waals surface area contributed by atoms with Gasteiger partial charge in [0.15, 0.2) is 0 Å². The summed E-state index contributed by atoms with van der Waals surface area (Å²) in [6, 6.07) is 2.17. The monoisotopic (exact) mass is 295 g/mol. The summed E-state index contributed by atoms with van der Waals surface area (Å²) in [7, 11) is -0.769. The average Bonchev–Trinajstić information content (AvgIpc) is 2.48. The summed E-state index contributed by atoms with van der Waals surface area (Å²) in [4.78, 5) is 1.17. The SMILES string of the molecule is CC(N)CCS(=O)Cc1cc(Br)cs1. The van der Waals surface area contributed by atoms with E-state index in [9.17, 15) is 4.21 Å². The smallest absolute Gasteiger partial charge is 0.0580 e. The molecular formula is C9H14BrNOS2. The van der Waals surface area contributed by atoms with Gasteiger partial charge >= 0.3 is 0 Å². The van der Waals surface area contributed by atoms with Crippen molar-refractivity contribution in [3.05, 3.63) is 20.8 Å². The Morgan fingerprint density at radius 3 is 2.93 bits per heavy atom. The summed E-state index contributed by atoms with van der Waals surface area (Å²) in [5, 5.41) is 2.01. The van der Waals surface area contributed by atoms with Gasteiger partial charge in [-0.25, -0.2) is 0 Å². The van der Waals surface area contributed by atoms with Crippen LogP contribution in [0, 0.1) is 0 Å². The Labute approximate surface area is 99.5 Å². The van der Waals surface area contributed by atoms with Crippen LogP contribution in [0.3, 0.4) is 0 Å². The van der Waals surface area contributed by atoms with Gasteiger partial charge < -0.3 is 5.73 Å². The summed E-state index contributed by atoms with van der Waals surface area (Å²) < 4.78 is 12.6. The van der Waals surface area contributed by atoms with Crippen LogP contribution in [0.5, 0.6) is 0 Å². The summed E-state index contributed by atoms with van der Waals surface area (Å²) in [6.07, 6.45) is 0.832. The molecule has 1 rings (SSSR count). The van der Waals surface area contributed by atoms with Crippen LogP contribution < -0.4 is 5.73 Å². The van der Waals surface area contributed by atoms with Gasteiger partial charge in [-0.1, -0.05) is 0 Å². The molecule has 2 unspecified atom stereocenters. The van der Waals surface area contributed by atoms with Crippen LogP contribution in [0.15, 0.2) is 15.9 Å². The van der Waals surface area contributed by atoms with Crippen molar-refractivity contribution >= 4 is 38.1 Å². The molecule has 0 saturated carbocycles. The number of nitrogens with two attached hydrogens (primary N) is 1. The third-order valence-corrected chi connectivity index (χ3v) is 4.93. The van der Waals surface area contributed by atoms with E-state index in [1.54, 1.807) is 11.3 Å². The normalized spacial score (nSPS) is 15.4. The van der Waals surface area contributed by atoms with E-state index in [0.29, 0.717) is 11.5 Å². The highest BCUT2D eigenvalue weighted by atomic mass is 79.9. The second-order valence-electron chi connectivity index (χ2n) is 3.29. The van der Waals surface area contributed by atoms with Crippen LogP contribution in [0.1, 0.15) is 18.2 Å². The van der Waals surface area contributed by atoms with E-state index in [1.165, 1.54) is 4.88 Å². The van der Waals surface area contributed by atoms with E-state index in [2.05, 4.69) is 15.9 Å². The van der Waals surface area contributed by atoms with Gasteiger partial charge in [-0.05, 0) is 35.3 Å². The largest absolute Gasteiger partial charge is 0.328 e. The fourth-order valence-electron chi connectivity index (χ4n) is 0.978. The molecule has 0 aliphatic carbocycles. The van der Waals surface area contributed by atoms with Crippen molar-refractivity contribution in [2.45, 2.75) is 25.1 Å². The summed E-state index contributed by atoms with van der Waals surface area (Å²) >= 11 is 5.02. The molecule has 1 aromatic rings. The molecule has 2 nitrogen and oxygen atoms in total. The van der Waals surface area contributed by atoms with Crippen LogP contribution in [-0.2, 0) is 16.6 Å². The molecule has 2 N–H and O–H groups in total. The van der Waals surface area contributed by atoms with Gasteiger partial charge in [-0.15, -0.1) is 11.3 Å². The molecule has 0 bridgehead atoms. The number of halogens is 1. The van der Waals surface area contributed by atoms with Gasteiger partial charge in [-0.2, -0.15) is 0 Å². The summed E-state index contributed by atoms with van der Waals surface area (Å²) in [6.45, 7) is 1.94. The first-order valence-corrected chi connectivity index (χ1v) is 7.57. The zero-order valence-electron chi connectivity index (χ0n) is 8.03. The Kier molecular flexibility index (Phi) is 5.30. The zero-order valence-corrected chi connectivity index (χ0v) is 11.3. The molecule has 0 amide bonds. The summed E-state index contributed by atoms with van der Waals surface area (Å²) in [5.74, 6) is 1.36. The molecule has 1 heterocycles. The standard InChI is InChI=1S/C9H14BrNOS2/c1-7(11)2-3-14(12)6-9-4-8(10)5-13-9/h4-5,7H,2-3,6,11H2,1H3. The number of hydrogen-bond acceptors (Lipinski definition) is 3. The number of hydrogen-bond donors (Lipinski definition) is 1. The predicted octanol–water partition coefficient (Wildman–Crippen LogP) is 2.50.